The third-order valence-corrected chi connectivity index (χ3v) is 7.09. The molecule has 1 fully saturated rings. The summed E-state index contributed by atoms with van der Waals surface area (Å²) in [5.41, 5.74) is 4.04. The van der Waals surface area contributed by atoms with E-state index >= 15 is 0 Å². The van der Waals surface area contributed by atoms with E-state index in [0.717, 1.165) is 32.0 Å². The normalized spacial score (nSPS) is 17.3. The Kier molecular flexibility index (Phi) is 5.69. The fraction of sp³-hybridized carbons (Fsp3) is 0.308. The maximum Gasteiger partial charge on any atom is 0.337 e. The Morgan fingerprint density at radius 3 is 2.55 bits per heavy atom. The van der Waals surface area contributed by atoms with Crippen molar-refractivity contribution >= 4 is 43.8 Å². The molecule has 33 heavy (non-hydrogen) atoms. The molecule has 2 aromatic heterocycles. The van der Waals surface area contributed by atoms with Crippen LogP contribution in [0, 0.1) is 5.92 Å². The molecule has 4 aromatic rings. The number of aromatic nitrogens is 2. The first-order chi connectivity index (χ1) is 15.9. The zero-order valence-electron chi connectivity index (χ0n) is 18.1. The van der Waals surface area contributed by atoms with Gasteiger partial charge in [0.25, 0.3) is 0 Å². The molecule has 4 nitrogen and oxygen atoms in total. The third kappa shape index (κ3) is 4.03. The van der Waals surface area contributed by atoms with Gasteiger partial charge in [0.05, 0.1) is 35.3 Å². The lowest BCUT2D eigenvalue weighted by atomic mass is 9.79. The predicted molar refractivity (Wildman–Crippen MR) is 128 cm³/mol. The van der Waals surface area contributed by atoms with Crippen LogP contribution >= 0.6 is 15.9 Å². The number of rotatable bonds is 4. The van der Waals surface area contributed by atoms with Gasteiger partial charge in [-0.2, -0.15) is 0 Å². The predicted octanol–water partition coefficient (Wildman–Crippen LogP) is 7.15. The summed E-state index contributed by atoms with van der Waals surface area (Å²) < 4.78 is 36.1. The van der Waals surface area contributed by atoms with Gasteiger partial charge in [0.1, 0.15) is 0 Å². The van der Waals surface area contributed by atoms with E-state index in [4.69, 9.17) is 4.74 Å². The van der Waals surface area contributed by atoms with Crippen LogP contribution in [0.1, 0.15) is 47.6 Å². The van der Waals surface area contributed by atoms with Gasteiger partial charge in [0, 0.05) is 28.9 Å². The summed E-state index contributed by atoms with van der Waals surface area (Å²) in [5.74, 6) is -3.01. The standard InChI is InChI=1S/C26H23BrF2N2O2/c1-33-25(32)18-7-8-20-21(13-18)31(22-14-19(27)15-30-23(20)22)24(16-5-3-2-4-6-16)17-9-11-26(28,29)12-10-17/h2-8,13-15,17,24H,9-12H2,1H3. The Balaban J connectivity index is 1.79. The lowest BCUT2D eigenvalue weighted by molar-refractivity contribution is -0.0493. The van der Waals surface area contributed by atoms with Gasteiger partial charge >= 0.3 is 5.97 Å². The molecule has 0 radical (unpaired) electrons. The summed E-state index contributed by atoms with van der Waals surface area (Å²) in [6.45, 7) is 0. The third-order valence-electron chi connectivity index (χ3n) is 6.65. The van der Waals surface area contributed by atoms with Crippen molar-refractivity contribution in [3.63, 3.8) is 0 Å². The van der Waals surface area contributed by atoms with E-state index in [-0.39, 0.29) is 24.8 Å². The topological polar surface area (TPSA) is 44.1 Å². The number of fused-ring (bicyclic) bond motifs is 3. The Morgan fingerprint density at radius 1 is 1.12 bits per heavy atom. The lowest BCUT2D eigenvalue weighted by Crippen LogP contribution is -2.30. The average Bonchev–Trinajstić information content (AvgIpc) is 3.13. The number of hydrogen-bond acceptors (Lipinski definition) is 3. The van der Waals surface area contributed by atoms with Crippen LogP contribution in [0.5, 0.6) is 0 Å². The fourth-order valence-corrected chi connectivity index (χ4v) is 5.40. The molecule has 1 aliphatic rings. The molecule has 1 saturated carbocycles. The monoisotopic (exact) mass is 512 g/mol. The smallest absolute Gasteiger partial charge is 0.337 e. The molecule has 5 rings (SSSR count). The van der Waals surface area contributed by atoms with Crippen LogP contribution in [0.3, 0.4) is 0 Å². The van der Waals surface area contributed by atoms with E-state index in [1.54, 1.807) is 12.3 Å². The second-order valence-electron chi connectivity index (χ2n) is 8.66. The number of nitrogens with zero attached hydrogens (tertiary/aromatic N) is 2. The number of carbonyl (C=O) groups is 1. The highest BCUT2D eigenvalue weighted by Gasteiger charge is 2.39. The van der Waals surface area contributed by atoms with Crippen molar-refractivity contribution in [3.05, 3.63) is 76.4 Å². The van der Waals surface area contributed by atoms with Crippen molar-refractivity contribution in [1.82, 2.24) is 9.55 Å². The van der Waals surface area contributed by atoms with Gasteiger partial charge in [-0.1, -0.05) is 30.3 Å². The summed E-state index contributed by atoms with van der Waals surface area (Å²) >= 11 is 3.54. The van der Waals surface area contributed by atoms with Crippen molar-refractivity contribution in [3.8, 4) is 0 Å². The number of benzene rings is 2. The number of halogens is 3. The maximum atomic E-state index is 14.1. The zero-order chi connectivity index (χ0) is 23.2. The number of alkyl halides is 2. The fourth-order valence-electron chi connectivity index (χ4n) is 5.09. The van der Waals surface area contributed by atoms with E-state index in [9.17, 15) is 13.6 Å². The molecule has 1 atom stereocenters. The van der Waals surface area contributed by atoms with E-state index in [1.807, 2.05) is 48.5 Å². The molecule has 2 aromatic carbocycles. The number of pyridine rings is 1. The van der Waals surface area contributed by atoms with Crippen LogP contribution in [-0.2, 0) is 4.74 Å². The molecule has 7 heteroatoms. The Labute approximate surface area is 198 Å². The van der Waals surface area contributed by atoms with Gasteiger partial charge < -0.3 is 9.30 Å². The summed E-state index contributed by atoms with van der Waals surface area (Å²) in [6, 6.07) is 17.3. The molecule has 0 saturated heterocycles. The SMILES string of the molecule is COC(=O)c1ccc2c3ncc(Br)cc3n(C(c3ccccc3)C3CCC(F)(F)CC3)c2c1. The Morgan fingerprint density at radius 2 is 1.85 bits per heavy atom. The molecule has 2 heterocycles. The second-order valence-corrected chi connectivity index (χ2v) is 9.58. The first-order valence-electron chi connectivity index (χ1n) is 11.0. The number of esters is 1. The van der Waals surface area contributed by atoms with E-state index in [0.29, 0.717) is 18.4 Å². The molecule has 0 amide bonds. The first kappa shape index (κ1) is 22.0. The van der Waals surface area contributed by atoms with Gasteiger partial charge in [0.2, 0.25) is 5.92 Å². The van der Waals surface area contributed by atoms with Gasteiger partial charge in [-0.05, 0) is 64.5 Å². The maximum absolute atomic E-state index is 14.1. The van der Waals surface area contributed by atoms with E-state index < -0.39 is 11.9 Å². The highest BCUT2D eigenvalue weighted by atomic mass is 79.9. The number of hydrogen-bond donors (Lipinski definition) is 0. The second kappa shape index (κ2) is 8.52. The van der Waals surface area contributed by atoms with Crippen LogP contribution < -0.4 is 0 Å². The van der Waals surface area contributed by atoms with Gasteiger partial charge in [-0.25, -0.2) is 13.6 Å². The van der Waals surface area contributed by atoms with Crippen molar-refractivity contribution in [2.24, 2.45) is 5.92 Å². The van der Waals surface area contributed by atoms with Gasteiger partial charge in [-0.3, -0.25) is 4.98 Å². The zero-order valence-corrected chi connectivity index (χ0v) is 19.7. The molecular formula is C26H23BrF2N2O2. The van der Waals surface area contributed by atoms with Crippen molar-refractivity contribution < 1.29 is 18.3 Å². The lowest BCUT2D eigenvalue weighted by Gasteiger charge is -2.35. The summed E-state index contributed by atoms with van der Waals surface area (Å²) in [5, 5.41) is 0.909. The summed E-state index contributed by atoms with van der Waals surface area (Å²) in [4.78, 5) is 17.0. The molecule has 0 aliphatic heterocycles. The first-order valence-corrected chi connectivity index (χ1v) is 11.8. The molecular weight excluding hydrogens is 490 g/mol. The molecule has 1 aliphatic carbocycles. The van der Waals surface area contributed by atoms with Crippen LogP contribution in [0.2, 0.25) is 0 Å². The minimum atomic E-state index is -2.61. The molecule has 0 bridgehead atoms. The van der Waals surface area contributed by atoms with Gasteiger partial charge in [0.15, 0.2) is 0 Å². The minimum Gasteiger partial charge on any atom is -0.465 e. The quantitative estimate of drug-likeness (QED) is 0.272. The van der Waals surface area contributed by atoms with Crippen molar-refractivity contribution in [1.29, 1.82) is 0 Å². The highest BCUT2D eigenvalue weighted by molar-refractivity contribution is 9.10. The number of methoxy groups -OCH3 is 1. The van der Waals surface area contributed by atoms with Crippen LogP contribution in [0.4, 0.5) is 8.78 Å². The summed E-state index contributed by atoms with van der Waals surface area (Å²) in [6.07, 6.45) is 2.36. The van der Waals surface area contributed by atoms with Gasteiger partial charge in [-0.15, -0.1) is 0 Å². The van der Waals surface area contributed by atoms with Crippen LogP contribution in [-0.4, -0.2) is 28.6 Å². The van der Waals surface area contributed by atoms with E-state index in [1.165, 1.54) is 7.11 Å². The van der Waals surface area contributed by atoms with E-state index in [2.05, 4.69) is 25.5 Å². The van der Waals surface area contributed by atoms with Crippen molar-refractivity contribution in [2.45, 2.75) is 37.6 Å². The summed E-state index contributed by atoms with van der Waals surface area (Å²) in [7, 11) is 1.36. The molecule has 1 unspecified atom stereocenters. The number of carbonyl (C=O) groups excluding carboxylic acids is 1. The van der Waals surface area contributed by atoms with Crippen LogP contribution in [0.15, 0.2) is 65.3 Å². The van der Waals surface area contributed by atoms with Crippen molar-refractivity contribution in [2.75, 3.05) is 7.11 Å². The Bertz CT molecular complexity index is 1330. The number of ether oxygens (including phenoxy) is 1. The highest BCUT2D eigenvalue weighted by Crippen LogP contribution is 2.45. The molecule has 0 spiro atoms. The minimum absolute atomic E-state index is 0.0200. The van der Waals surface area contributed by atoms with Crippen LogP contribution in [0.25, 0.3) is 21.9 Å². The average molecular weight is 513 g/mol. The largest absolute Gasteiger partial charge is 0.465 e. The molecule has 170 valence electrons. The molecule has 0 N–H and O–H groups in total. The Hall–Kier alpha value is -2.80.